The van der Waals surface area contributed by atoms with Crippen LogP contribution in [0.15, 0.2) is 65.7 Å². The Hall–Kier alpha value is -3.00. The van der Waals surface area contributed by atoms with E-state index in [2.05, 4.69) is 15.6 Å². The van der Waals surface area contributed by atoms with Crippen molar-refractivity contribution >= 4 is 15.7 Å². The lowest BCUT2D eigenvalue weighted by molar-refractivity contribution is 0.0934. The maximum absolute atomic E-state index is 12.4. The zero-order valence-corrected chi connectivity index (χ0v) is 15.8. The minimum Gasteiger partial charge on any atom is -0.344 e. The Kier molecular flexibility index (Phi) is 5.36. The van der Waals surface area contributed by atoms with Gasteiger partial charge in [0.15, 0.2) is 15.5 Å². The Morgan fingerprint density at radius 2 is 1.78 bits per heavy atom. The van der Waals surface area contributed by atoms with Crippen molar-refractivity contribution < 1.29 is 13.2 Å². The highest BCUT2D eigenvalue weighted by Crippen LogP contribution is 2.16. The summed E-state index contributed by atoms with van der Waals surface area (Å²) < 4.78 is 24.7. The summed E-state index contributed by atoms with van der Waals surface area (Å²) in [7, 11) is -3.24. The van der Waals surface area contributed by atoms with Crippen molar-refractivity contribution in [2.75, 3.05) is 6.26 Å². The topological polar surface area (TPSA) is 93.9 Å². The monoisotopic (exact) mass is 384 g/mol. The van der Waals surface area contributed by atoms with Crippen LogP contribution in [-0.2, 0) is 16.4 Å². The fraction of sp³-hybridized carbons (Fsp3) is 0.211. The van der Waals surface area contributed by atoms with Gasteiger partial charge in [0.1, 0.15) is 0 Å². The van der Waals surface area contributed by atoms with Crippen LogP contribution in [0, 0.1) is 0 Å². The first-order chi connectivity index (χ1) is 12.8. The van der Waals surface area contributed by atoms with E-state index in [1.807, 2.05) is 37.3 Å². The van der Waals surface area contributed by atoms with Crippen LogP contribution in [0.5, 0.6) is 0 Å². The number of sulfone groups is 1. The second-order valence-electron chi connectivity index (χ2n) is 6.32. The van der Waals surface area contributed by atoms with Gasteiger partial charge in [0.25, 0.3) is 5.91 Å². The molecule has 0 fully saturated rings. The molecule has 1 N–H and O–H groups in total. The van der Waals surface area contributed by atoms with Gasteiger partial charge in [0.2, 0.25) is 0 Å². The minimum absolute atomic E-state index is 0.227. The van der Waals surface area contributed by atoms with Crippen molar-refractivity contribution in [3.05, 3.63) is 77.6 Å². The molecule has 1 heterocycles. The molecule has 8 heteroatoms. The average molecular weight is 384 g/mol. The molecule has 0 saturated carbocycles. The number of benzene rings is 2. The molecule has 3 rings (SSSR count). The van der Waals surface area contributed by atoms with Crippen LogP contribution in [0.25, 0.3) is 0 Å². The molecule has 1 amide bonds. The lowest BCUT2D eigenvalue weighted by Crippen LogP contribution is -2.27. The van der Waals surface area contributed by atoms with Gasteiger partial charge in [-0.15, -0.1) is 5.10 Å². The predicted molar refractivity (Wildman–Crippen MR) is 101 cm³/mol. The summed E-state index contributed by atoms with van der Waals surface area (Å²) in [5.41, 5.74) is 2.09. The molecule has 0 aliphatic rings. The fourth-order valence-electron chi connectivity index (χ4n) is 2.61. The van der Waals surface area contributed by atoms with E-state index in [9.17, 15) is 13.2 Å². The predicted octanol–water partition coefficient (Wildman–Crippen LogP) is 2.22. The van der Waals surface area contributed by atoms with Gasteiger partial charge >= 0.3 is 0 Å². The van der Waals surface area contributed by atoms with E-state index in [4.69, 9.17) is 0 Å². The second-order valence-corrected chi connectivity index (χ2v) is 8.34. The van der Waals surface area contributed by atoms with Gasteiger partial charge in [-0.3, -0.25) is 4.79 Å². The first-order valence-electron chi connectivity index (χ1n) is 8.38. The molecule has 1 aromatic heterocycles. The van der Waals surface area contributed by atoms with Crippen molar-refractivity contribution in [3.8, 4) is 0 Å². The number of carbonyl (C=O) groups is 1. The summed E-state index contributed by atoms with van der Waals surface area (Å²) in [6, 6.07) is 15.9. The molecular weight excluding hydrogens is 364 g/mol. The number of hydrogen-bond donors (Lipinski definition) is 1. The Morgan fingerprint density at radius 1 is 1.11 bits per heavy atom. The zero-order chi connectivity index (χ0) is 19.4. The molecule has 27 heavy (non-hydrogen) atoms. The summed E-state index contributed by atoms with van der Waals surface area (Å²) in [5, 5.41) is 10.8. The van der Waals surface area contributed by atoms with Crippen LogP contribution in [0.3, 0.4) is 0 Å². The molecule has 0 aliphatic carbocycles. The minimum atomic E-state index is -3.24. The summed E-state index contributed by atoms with van der Waals surface area (Å²) in [6.45, 7) is 2.35. The number of nitrogens with zero attached hydrogens (tertiary/aromatic N) is 3. The molecular formula is C19H20N4O3S. The Balaban J connectivity index is 1.65. The first-order valence-corrected chi connectivity index (χ1v) is 10.3. The van der Waals surface area contributed by atoms with E-state index < -0.39 is 9.84 Å². The molecule has 3 aromatic rings. The Morgan fingerprint density at radius 3 is 2.41 bits per heavy atom. The lowest BCUT2D eigenvalue weighted by atomic mass is 10.1. The van der Waals surface area contributed by atoms with Gasteiger partial charge in [0.05, 0.1) is 23.7 Å². The van der Waals surface area contributed by atoms with E-state index in [1.165, 1.54) is 12.1 Å². The highest BCUT2D eigenvalue weighted by atomic mass is 32.2. The molecule has 140 valence electrons. The molecule has 0 spiro atoms. The standard InChI is InChI=1S/C19H20N4O3S/c1-14(16-8-10-17(11-9-16)27(2,25)26)20-19(24)18-13-23(22-21-18)12-15-6-4-3-5-7-15/h3-11,13-14H,12H2,1-2H3,(H,20,24)/t14-/m0/s1. The van der Waals surface area contributed by atoms with Crippen LogP contribution in [0.1, 0.15) is 34.6 Å². The van der Waals surface area contributed by atoms with E-state index in [-0.39, 0.29) is 22.5 Å². The SMILES string of the molecule is C[C@H](NC(=O)c1cn(Cc2ccccc2)nn1)c1ccc(S(C)(=O)=O)cc1. The summed E-state index contributed by atoms with van der Waals surface area (Å²) in [6.07, 6.45) is 2.76. The van der Waals surface area contributed by atoms with E-state index in [0.717, 1.165) is 17.4 Å². The quantitative estimate of drug-likeness (QED) is 0.703. The Labute approximate surface area is 158 Å². The molecule has 2 aromatic carbocycles. The number of carbonyl (C=O) groups excluding carboxylic acids is 1. The third kappa shape index (κ3) is 4.79. The number of rotatable bonds is 6. The number of hydrogen-bond acceptors (Lipinski definition) is 5. The average Bonchev–Trinajstić information content (AvgIpc) is 3.10. The van der Waals surface area contributed by atoms with Crippen molar-refractivity contribution in [2.45, 2.75) is 24.4 Å². The van der Waals surface area contributed by atoms with Crippen LogP contribution < -0.4 is 5.32 Å². The highest BCUT2D eigenvalue weighted by Gasteiger charge is 2.16. The Bertz CT molecular complexity index is 1030. The van der Waals surface area contributed by atoms with Gasteiger partial charge < -0.3 is 5.32 Å². The third-order valence-electron chi connectivity index (χ3n) is 4.11. The molecule has 0 bridgehead atoms. The molecule has 0 unspecified atom stereocenters. The summed E-state index contributed by atoms with van der Waals surface area (Å²) in [5.74, 6) is -0.339. The maximum atomic E-state index is 12.4. The summed E-state index contributed by atoms with van der Waals surface area (Å²) in [4.78, 5) is 12.6. The number of amides is 1. The fourth-order valence-corrected chi connectivity index (χ4v) is 3.24. The first kappa shape index (κ1) is 18.8. The van der Waals surface area contributed by atoms with Crippen LogP contribution in [0.4, 0.5) is 0 Å². The van der Waals surface area contributed by atoms with Crippen LogP contribution in [0.2, 0.25) is 0 Å². The van der Waals surface area contributed by atoms with Gasteiger partial charge in [0, 0.05) is 6.26 Å². The van der Waals surface area contributed by atoms with Gasteiger partial charge in [-0.1, -0.05) is 47.7 Å². The normalized spacial score (nSPS) is 12.5. The molecule has 0 radical (unpaired) electrons. The van der Waals surface area contributed by atoms with Crippen molar-refractivity contribution in [1.29, 1.82) is 0 Å². The maximum Gasteiger partial charge on any atom is 0.273 e. The smallest absolute Gasteiger partial charge is 0.273 e. The number of nitrogens with one attached hydrogen (secondary N) is 1. The largest absolute Gasteiger partial charge is 0.344 e. The van der Waals surface area contributed by atoms with Crippen molar-refractivity contribution in [3.63, 3.8) is 0 Å². The second kappa shape index (κ2) is 7.71. The molecule has 1 atom stereocenters. The van der Waals surface area contributed by atoms with Gasteiger partial charge in [-0.25, -0.2) is 13.1 Å². The van der Waals surface area contributed by atoms with Crippen molar-refractivity contribution in [1.82, 2.24) is 20.3 Å². The number of aromatic nitrogens is 3. The molecule has 7 nitrogen and oxygen atoms in total. The molecule has 0 aliphatic heterocycles. The lowest BCUT2D eigenvalue weighted by Gasteiger charge is -2.13. The van der Waals surface area contributed by atoms with Gasteiger partial charge in [-0.05, 0) is 30.2 Å². The van der Waals surface area contributed by atoms with E-state index >= 15 is 0 Å². The van der Waals surface area contributed by atoms with E-state index in [0.29, 0.717) is 6.54 Å². The van der Waals surface area contributed by atoms with Crippen LogP contribution in [-0.4, -0.2) is 35.6 Å². The summed E-state index contributed by atoms with van der Waals surface area (Å²) >= 11 is 0. The van der Waals surface area contributed by atoms with E-state index in [1.54, 1.807) is 23.0 Å². The molecule has 0 saturated heterocycles. The zero-order valence-electron chi connectivity index (χ0n) is 15.0. The highest BCUT2D eigenvalue weighted by molar-refractivity contribution is 7.90. The van der Waals surface area contributed by atoms with Crippen molar-refractivity contribution in [2.24, 2.45) is 0 Å². The van der Waals surface area contributed by atoms with Gasteiger partial charge in [-0.2, -0.15) is 0 Å². The van der Waals surface area contributed by atoms with Crippen LogP contribution >= 0.6 is 0 Å². The third-order valence-corrected chi connectivity index (χ3v) is 5.24.